The van der Waals surface area contributed by atoms with Crippen molar-refractivity contribution in [3.63, 3.8) is 0 Å². The second-order valence-corrected chi connectivity index (χ2v) is 7.36. The molecule has 1 amide bonds. The van der Waals surface area contributed by atoms with Gasteiger partial charge >= 0.3 is 0 Å². The maximum Gasteiger partial charge on any atom is 0.276 e. The van der Waals surface area contributed by atoms with E-state index in [0.717, 1.165) is 5.56 Å². The van der Waals surface area contributed by atoms with E-state index in [4.69, 9.17) is 0 Å². The summed E-state index contributed by atoms with van der Waals surface area (Å²) in [6, 6.07) is 12.5. The van der Waals surface area contributed by atoms with Crippen LogP contribution in [-0.2, 0) is 5.41 Å². The first kappa shape index (κ1) is 19.1. The number of phenols is 1. The van der Waals surface area contributed by atoms with Crippen LogP contribution in [0.15, 0.2) is 54.7 Å². The average Bonchev–Trinajstić information content (AvgIpc) is 3.13. The lowest BCUT2D eigenvalue weighted by molar-refractivity contribution is -0.384. The quantitative estimate of drug-likeness (QED) is 0.403. The number of aromatic hydroxyl groups is 1. The van der Waals surface area contributed by atoms with Gasteiger partial charge in [-0.25, -0.2) is 4.68 Å². The fourth-order valence-electron chi connectivity index (χ4n) is 2.63. The van der Waals surface area contributed by atoms with Gasteiger partial charge in [0.15, 0.2) is 5.69 Å². The fraction of sp³-hybridized carbons (Fsp3) is 0.200. The van der Waals surface area contributed by atoms with Crippen LogP contribution in [0.25, 0.3) is 5.69 Å². The Morgan fingerprint density at radius 2 is 1.93 bits per heavy atom. The molecule has 0 spiro atoms. The van der Waals surface area contributed by atoms with Gasteiger partial charge in [-0.2, -0.15) is 5.10 Å². The molecule has 2 N–H and O–H groups in total. The van der Waals surface area contributed by atoms with E-state index in [9.17, 15) is 20.0 Å². The number of non-ortho nitro benzene ring substituents is 1. The van der Waals surface area contributed by atoms with Crippen LogP contribution in [0, 0.1) is 10.1 Å². The maximum atomic E-state index is 12.5. The number of phenolic OH excluding ortho intramolecular Hbond substituents is 1. The van der Waals surface area contributed by atoms with E-state index in [0.29, 0.717) is 11.4 Å². The number of nitrogens with zero attached hydrogens (tertiary/aromatic N) is 3. The summed E-state index contributed by atoms with van der Waals surface area (Å²) in [6.07, 6.45) is 1.54. The first-order valence-corrected chi connectivity index (χ1v) is 8.60. The number of carbonyl (C=O) groups excluding carboxylic acids is 1. The maximum absolute atomic E-state index is 12.5. The minimum atomic E-state index is -0.495. The standard InChI is InChI=1S/C20H20N4O4/c1-20(2,3)13-7-8-18(25)17(11-13)21-19(26)16-9-10-23(22-16)14-5-4-6-15(12-14)24(27)28/h4-12,25H,1-3H3,(H,21,26). The Labute approximate surface area is 161 Å². The molecule has 28 heavy (non-hydrogen) atoms. The van der Waals surface area contributed by atoms with Crippen molar-refractivity contribution in [3.8, 4) is 11.4 Å². The van der Waals surface area contributed by atoms with E-state index in [1.165, 1.54) is 28.9 Å². The van der Waals surface area contributed by atoms with Crippen molar-refractivity contribution in [1.29, 1.82) is 0 Å². The molecule has 0 saturated carbocycles. The Hall–Kier alpha value is -3.68. The predicted octanol–water partition coefficient (Wildman–Crippen LogP) is 4.04. The SMILES string of the molecule is CC(C)(C)c1ccc(O)c(NC(=O)c2ccn(-c3cccc([N+](=O)[O-])c3)n2)c1. The summed E-state index contributed by atoms with van der Waals surface area (Å²) in [7, 11) is 0. The Kier molecular flexibility index (Phi) is 4.87. The highest BCUT2D eigenvalue weighted by Crippen LogP contribution is 2.31. The fourth-order valence-corrected chi connectivity index (χ4v) is 2.63. The van der Waals surface area contributed by atoms with Gasteiger partial charge in [-0.3, -0.25) is 14.9 Å². The van der Waals surface area contributed by atoms with E-state index in [1.807, 2.05) is 26.8 Å². The van der Waals surface area contributed by atoms with Gasteiger partial charge in [0, 0.05) is 18.3 Å². The smallest absolute Gasteiger partial charge is 0.276 e. The van der Waals surface area contributed by atoms with E-state index in [-0.39, 0.29) is 22.5 Å². The van der Waals surface area contributed by atoms with Crippen molar-refractivity contribution in [2.24, 2.45) is 0 Å². The summed E-state index contributed by atoms with van der Waals surface area (Å²) < 4.78 is 1.38. The molecule has 0 fully saturated rings. The van der Waals surface area contributed by atoms with Crippen LogP contribution in [0.4, 0.5) is 11.4 Å². The largest absolute Gasteiger partial charge is 0.506 e. The van der Waals surface area contributed by atoms with Crippen LogP contribution >= 0.6 is 0 Å². The van der Waals surface area contributed by atoms with Crippen molar-refractivity contribution in [2.45, 2.75) is 26.2 Å². The molecule has 8 nitrogen and oxygen atoms in total. The first-order valence-electron chi connectivity index (χ1n) is 8.60. The number of nitrogens with one attached hydrogen (secondary N) is 1. The van der Waals surface area contributed by atoms with Gasteiger partial charge < -0.3 is 10.4 Å². The lowest BCUT2D eigenvalue weighted by Crippen LogP contribution is -2.15. The van der Waals surface area contributed by atoms with Crippen molar-refractivity contribution < 1.29 is 14.8 Å². The third kappa shape index (κ3) is 4.01. The predicted molar refractivity (Wildman–Crippen MR) is 105 cm³/mol. The lowest BCUT2D eigenvalue weighted by Gasteiger charge is -2.20. The van der Waals surface area contributed by atoms with Gasteiger partial charge in [0.1, 0.15) is 5.75 Å². The summed E-state index contributed by atoms with van der Waals surface area (Å²) in [5.41, 5.74) is 1.63. The minimum Gasteiger partial charge on any atom is -0.506 e. The van der Waals surface area contributed by atoms with Crippen molar-refractivity contribution in [2.75, 3.05) is 5.32 Å². The number of nitro benzene ring substituents is 1. The average molecular weight is 380 g/mol. The van der Waals surface area contributed by atoms with Crippen LogP contribution in [-0.4, -0.2) is 25.7 Å². The number of benzene rings is 2. The number of carbonyl (C=O) groups is 1. The van der Waals surface area contributed by atoms with Gasteiger partial charge in [-0.15, -0.1) is 0 Å². The summed E-state index contributed by atoms with van der Waals surface area (Å²) in [6.45, 7) is 6.10. The van der Waals surface area contributed by atoms with Gasteiger partial charge in [-0.05, 0) is 35.2 Å². The monoisotopic (exact) mass is 380 g/mol. The zero-order valence-electron chi connectivity index (χ0n) is 15.7. The zero-order chi connectivity index (χ0) is 20.5. The molecule has 1 aromatic heterocycles. The van der Waals surface area contributed by atoms with Gasteiger partial charge in [0.05, 0.1) is 16.3 Å². The number of hydrogen-bond donors (Lipinski definition) is 2. The van der Waals surface area contributed by atoms with E-state index in [2.05, 4.69) is 10.4 Å². The third-order valence-electron chi connectivity index (χ3n) is 4.24. The summed E-state index contributed by atoms with van der Waals surface area (Å²) in [5, 5.41) is 27.8. The highest BCUT2D eigenvalue weighted by molar-refractivity contribution is 6.03. The molecule has 0 saturated heterocycles. The van der Waals surface area contributed by atoms with Crippen molar-refractivity contribution >= 4 is 17.3 Å². The second-order valence-electron chi connectivity index (χ2n) is 7.36. The van der Waals surface area contributed by atoms with Crippen LogP contribution in [0.5, 0.6) is 5.75 Å². The molecule has 0 aliphatic carbocycles. The Bertz CT molecular complexity index is 1050. The van der Waals surface area contributed by atoms with Crippen molar-refractivity contribution in [3.05, 3.63) is 76.1 Å². The summed E-state index contributed by atoms with van der Waals surface area (Å²) >= 11 is 0. The summed E-state index contributed by atoms with van der Waals surface area (Å²) in [5.74, 6) is -0.537. The first-order chi connectivity index (χ1) is 13.1. The molecule has 0 unspecified atom stereocenters. The van der Waals surface area contributed by atoms with E-state index in [1.54, 1.807) is 24.4 Å². The lowest BCUT2D eigenvalue weighted by atomic mass is 9.87. The number of rotatable bonds is 4. The van der Waals surface area contributed by atoms with Gasteiger partial charge in [0.2, 0.25) is 0 Å². The normalized spacial score (nSPS) is 11.2. The van der Waals surface area contributed by atoms with E-state index < -0.39 is 10.8 Å². The number of anilines is 1. The van der Waals surface area contributed by atoms with E-state index >= 15 is 0 Å². The number of amides is 1. The Morgan fingerprint density at radius 1 is 1.18 bits per heavy atom. The van der Waals surface area contributed by atoms with Crippen LogP contribution < -0.4 is 5.32 Å². The molecule has 3 aromatic rings. The highest BCUT2D eigenvalue weighted by Gasteiger charge is 2.18. The highest BCUT2D eigenvalue weighted by atomic mass is 16.6. The topological polar surface area (TPSA) is 110 Å². The summed E-state index contributed by atoms with van der Waals surface area (Å²) in [4.78, 5) is 23.0. The Morgan fingerprint density at radius 3 is 2.61 bits per heavy atom. The zero-order valence-corrected chi connectivity index (χ0v) is 15.7. The van der Waals surface area contributed by atoms with Gasteiger partial charge in [-0.1, -0.05) is 32.9 Å². The van der Waals surface area contributed by atoms with Crippen molar-refractivity contribution in [1.82, 2.24) is 9.78 Å². The second kappa shape index (κ2) is 7.15. The number of nitro groups is 1. The molecular formula is C20H20N4O4. The minimum absolute atomic E-state index is 0.0422. The molecule has 0 radical (unpaired) electrons. The molecular weight excluding hydrogens is 360 g/mol. The van der Waals surface area contributed by atoms with Gasteiger partial charge in [0.25, 0.3) is 11.6 Å². The van der Waals surface area contributed by atoms with Crippen LogP contribution in [0.1, 0.15) is 36.8 Å². The third-order valence-corrected chi connectivity index (χ3v) is 4.24. The number of aromatic nitrogens is 2. The van der Waals surface area contributed by atoms with Crippen LogP contribution in [0.3, 0.4) is 0 Å². The molecule has 0 aliphatic heterocycles. The Balaban J connectivity index is 1.84. The molecule has 2 aromatic carbocycles. The molecule has 1 heterocycles. The molecule has 0 aliphatic rings. The molecule has 3 rings (SSSR count). The molecule has 0 atom stereocenters. The molecule has 8 heteroatoms. The van der Waals surface area contributed by atoms with Crippen LogP contribution in [0.2, 0.25) is 0 Å². The molecule has 144 valence electrons. The number of hydrogen-bond acceptors (Lipinski definition) is 5. The molecule has 0 bridgehead atoms.